The molecule has 0 aliphatic carbocycles. The first kappa shape index (κ1) is 31.1. The van der Waals surface area contributed by atoms with E-state index in [0.29, 0.717) is 45.2 Å². The predicted octanol–water partition coefficient (Wildman–Crippen LogP) is 7.94. The molecule has 5 rings (SSSR count). The van der Waals surface area contributed by atoms with Crippen molar-refractivity contribution in [3.63, 3.8) is 0 Å². The molecule has 224 valence electrons. The van der Waals surface area contributed by atoms with Crippen molar-refractivity contribution >= 4 is 45.1 Å². The van der Waals surface area contributed by atoms with Crippen LogP contribution >= 0.6 is 39.1 Å². The highest BCUT2D eigenvalue weighted by molar-refractivity contribution is 9.10. The van der Waals surface area contributed by atoms with Crippen molar-refractivity contribution in [1.82, 2.24) is 0 Å². The Balaban J connectivity index is 1.37. The number of hydrogen-bond donors (Lipinski definition) is 1. The van der Waals surface area contributed by atoms with Gasteiger partial charge in [-0.05, 0) is 67.1 Å². The number of halogens is 3. The number of carbonyl (C=O) groups excluding carboxylic acids is 1. The van der Waals surface area contributed by atoms with Gasteiger partial charge in [-0.3, -0.25) is 0 Å². The van der Waals surface area contributed by atoms with Gasteiger partial charge in [0.05, 0.1) is 12.5 Å². The summed E-state index contributed by atoms with van der Waals surface area (Å²) < 4.78 is 29.6. The number of nitrogens with zero attached hydrogens (tertiary/aromatic N) is 1. The average molecular weight is 696 g/mol. The summed E-state index contributed by atoms with van der Waals surface area (Å²) in [5.41, 5.74) is 8.57. The van der Waals surface area contributed by atoms with Crippen LogP contribution in [-0.2, 0) is 11.4 Å². The van der Waals surface area contributed by atoms with Gasteiger partial charge in [0, 0.05) is 31.7 Å². The van der Waals surface area contributed by atoms with Crippen molar-refractivity contribution in [3.05, 3.63) is 122 Å². The number of esters is 1. The van der Waals surface area contributed by atoms with E-state index in [-0.39, 0.29) is 30.4 Å². The number of nitriles is 1. The van der Waals surface area contributed by atoms with Gasteiger partial charge >= 0.3 is 5.97 Å². The van der Waals surface area contributed by atoms with Crippen molar-refractivity contribution < 1.29 is 28.5 Å². The van der Waals surface area contributed by atoms with E-state index < -0.39 is 11.9 Å². The molecule has 0 fully saturated rings. The van der Waals surface area contributed by atoms with Crippen molar-refractivity contribution in [2.45, 2.75) is 19.4 Å². The maximum absolute atomic E-state index is 12.5. The van der Waals surface area contributed by atoms with Gasteiger partial charge in [-0.1, -0.05) is 57.3 Å². The highest BCUT2D eigenvalue weighted by Crippen LogP contribution is 2.45. The molecule has 1 aliphatic heterocycles. The highest BCUT2D eigenvalue weighted by atomic mass is 79.9. The van der Waals surface area contributed by atoms with Crippen LogP contribution in [0.5, 0.6) is 28.7 Å². The second-order valence-corrected chi connectivity index (χ2v) is 11.3. The quantitative estimate of drug-likeness (QED) is 0.131. The zero-order valence-corrected chi connectivity index (χ0v) is 26.4. The lowest BCUT2D eigenvalue weighted by molar-refractivity contribution is -0.136. The summed E-state index contributed by atoms with van der Waals surface area (Å²) in [6, 6.07) is 24.8. The Kier molecular flexibility index (Phi) is 9.85. The molecule has 1 unspecified atom stereocenters. The van der Waals surface area contributed by atoms with Crippen LogP contribution in [0.15, 0.2) is 94.8 Å². The van der Waals surface area contributed by atoms with E-state index in [9.17, 15) is 10.1 Å². The molecule has 1 heterocycles. The van der Waals surface area contributed by atoms with Crippen LogP contribution in [0, 0.1) is 11.3 Å². The lowest BCUT2D eigenvalue weighted by Crippen LogP contribution is -2.22. The first-order chi connectivity index (χ1) is 21.2. The fourth-order valence-corrected chi connectivity index (χ4v) is 5.29. The minimum atomic E-state index is -0.599. The molecule has 4 aromatic carbocycles. The standard InChI is InChI=1S/C33H25BrCl2N2O6/c1-2-40-30-13-19(4-12-28(30)42-17-20-3-7-22(35)14-27(20)36)32-25-11-10-24(15-29(25)44-33(38)26(32)16-37)43-31(39)18-41-23-8-5-21(34)6-9-23/h3-15,32H,2,17-18,38H2,1H3. The zero-order chi connectivity index (χ0) is 31.2. The molecule has 0 bridgehead atoms. The van der Waals surface area contributed by atoms with E-state index >= 15 is 0 Å². The molecule has 0 saturated heterocycles. The largest absolute Gasteiger partial charge is 0.490 e. The Hall–Kier alpha value is -4.36. The summed E-state index contributed by atoms with van der Waals surface area (Å²) in [5, 5.41) is 11.0. The number of hydrogen-bond acceptors (Lipinski definition) is 8. The number of allylic oxidation sites excluding steroid dienone is 1. The fourth-order valence-electron chi connectivity index (χ4n) is 4.56. The van der Waals surface area contributed by atoms with Gasteiger partial charge in [0.25, 0.3) is 0 Å². The van der Waals surface area contributed by atoms with Gasteiger partial charge < -0.3 is 29.4 Å². The zero-order valence-electron chi connectivity index (χ0n) is 23.3. The average Bonchev–Trinajstić information content (AvgIpc) is 3.00. The number of benzene rings is 4. The second-order valence-electron chi connectivity index (χ2n) is 9.50. The van der Waals surface area contributed by atoms with Crippen LogP contribution in [0.25, 0.3) is 0 Å². The monoisotopic (exact) mass is 694 g/mol. The third-order valence-electron chi connectivity index (χ3n) is 6.59. The van der Waals surface area contributed by atoms with Gasteiger partial charge in [0.1, 0.15) is 35.5 Å². The van der Waals surface area contributed by atoms with Crippen molar-refractivity contribution in [2.75, 3.05) is 13.2 Å². The minimum Gasteiger partial charge on any atom is -0.490 e. The number of nitrogens with two attached hydrogens (primary N) is 1. The van der Waals surface area contributed by atoms with Crippen LogP contribution in [-0.4, -0.2) is 19.2 Å². The lowest BCUT2D eigenvalue weighted by Gasteiger charge is -2.27. The molecule has 0 spiro atoms. The molecule has 4 aromatic rings. The van der Waals surface area contributed by atoms with E-state index in [1.54, 1.807) is 72.8 Å². The molecule has 0 amide bonds. The van der Waals surface area contributed by atoms with Gasteiger partial charge in [0.2, 0.25) is 5.88 Å². The Morgan fingerprint density at radius 3 is 2.45 bits per heavy atom. The van der Waals surface area contributed by atoms with Crippen LogP contribution < -0.4 is 29.4 Å². The normalized spacial score (nSPS) is 13.8. The molecule has 2 N–H and O–H groups in total. The van der Waals surface area contributed by atoms with Gasteiger partial charge in [0.15, 0.2) is 18.1 Å². The van der Waals surface area contributed by atoms with E-state index in [4.69, 9.17) is 52.6 Å². The summed E-state index contributed by atoms with van der Waals surface area (Å²) in [6.07, 6.45) is 0. The highest BCUT2D eigenvalue weighted by Gasteiger charge is 2.32. The first-order valence-electron chi connectivity index (χ1n) is 13.4. The van der Waals surface area contributed by atoms with E-state index in [2.05, 4.69) is 22.0 Å². The maximum atomic E-state index is 12.5. The molecule has 11 heteroatoms. The molecule has 44 heavy (non-hydrogen) atoms. The van der Waals surface area contributed by atoms with Crippen molar-refractivity contribution in [3.8, 4) is 34.8 Å². The van der Waals surface area contributed by atoms with Crippen molar-refractivity contribution in [2.24, 2.45) is 5.73 Å². The fraction of sp³-hybridized carbons (Fsp3) is 0.152. The second kappa shape index (κ2) is 14.0. The lowest BCUT2D eigenvalue weighted by atomic mass is 9.83. The number of carbonyl (C=O) groups is 1. The number of rotatable bonds is 10. The molecular formula is C33H25BrCl2N2O6. The first-order valence-corrected chi connectivity index (χ1v) is 14.9. The summed E-state index contributed by atoms with van der Waals surface area (Å²) in [6.45, 7) is 2.15. The Morgan fingerprint density at radius 1 is 0.955 bits per heavy atom. The Morgan fingerprint density at radius 2 is 1.73 bits per heavy atom. The van der Waals surface area contributed by atoms with Crippen LogP contribution in [0.2, 0.25) is 10.0 Å². The third-order valence-corrected chi connectivity index (χ3v) is 7.71. The van der Waals surface area contributed by atoms with Crippen LogP contribution in [0.1, 0.15) is 29.5 Å². The summed E-state index contributed by atoms with van der Waals surface area (Å²) in [4.78, 5) is 12.5. The summed E-state index contributed by atoms with van der Waals surface area (Å²) in [5.74, 6) is 0.864. The topological polar surface area (TPSA) is 113 Å². The van der Waals surface area contributed by atoms with E-state index in [1.807, 2.05) is 13.0 Å². The molecule has 0 radical (unpaired) electrons. The van der Waals surface area contributed by atoms with E-state index in [1.165, 1.54) is 0 Å². The predicted molar refractivity (Wildman–Crippen MR) is 169 cm³/mol. The molecule has 1 atom stereocenters. The van der Waals surface area contributed by atoms with Gasteiger partial charge in [-0.25, -0.2) is 4.79 Å². The van der Waals surface area contributed by atoms with Crippen molar-refractivity contribution in [1.29, 1.82) is 5.26 Å². The van der Waals surface area contributed by atoms with E-state index in [0.717, 1.165) is 15.6 Å². The van der Waals surface area contributed by atoms with Gasteiger partial charge in [-0.2, -0.15) is 5.26 Å². The molecule has 8 nitrogen and oxygen atoms in total. The SMILES string of the molecule is CCOc1cc(C2C(C#N)=C(N)Oc3cc(OC(=O)COc4ccc(Br)cc4)ccc32)ccc1OCc1ccc(Cl)cc1Cl. The Bertz CT molecular complexity index is 1770. The molecular weight excluding hydrogens is 671 g/mol. The number of fused-ring (bicyclic) bond motifs is 1. The van der Waals surface area contributed by atoms with Crippen LogP contribution in [0.4, 0.5) is 0 Å². The van der Waals surface area contributed by atoms with Gasteiger partial charge in [-0.15, -0.1) is 0 Å². The Labute approximate surface area is 272 Å². The maximum Gasteiger partial charge on any atom is 0.349 e. The number of ether oxygens (including phenoxy) is 5. The smallest absolute Gasteiger partial charge is 0.349 e. The summed E-state index contributed by atoms with van der Waals surface area (Å²) >= 11 is 15.7. The van der Waals surface area contributed by atoms with Crippen LogP contribution in [0.3, 0.4) is 0 Å². The minimum absolute atomic E-state index is 0.0530. The molecule has 1 aliphatic rings. The molecule has 0 aromatic heterocycles. The molecule has 0 saturated carbocycles. The summed E-state index contributed by atoms with van der Waals surface area (Å²) in [7, 11) is 0. The third kappa shape index (κ3) is 7.22.